The van der Waals surface area contributed by atoms with Gasteiger partial charge in [0.05, 0.1) is 0 Å². The third kappa shape index (κ3) is 2.97. The van der Waals surface area contributed by atoms with Crippen molar-refractivity contribution in [3.63, 3.8) is 0 Å². The number of aromatic nitrogens is 2. The third-order valence-electron chi connectivity index (χ3n) is 3.91. The number of rotatable bonds is 2. The molecule has 0 aromatic carbocycles. The van der Waals surface area contributed by atoms with E-state index in [1.807, 2.05) is 0 Å². The molecule has 3 rings (SSSR count). The minimum absolute atomic E-state index is 0.924. The summed E-state index contributed by atoms with van der Waals surface area (Å²) >= 11 is 0. The van der Waals surface area contributed by atoms with Gasteiger partial charge in [-0.3, -0.25) is 0 Å². The number of anilines is 2. The van der Waals surface area contributed by atoms with E-state index < -0.39 is 0 Å². The van der Waals surface area contributed by atoms with Gasteiger partial charge in [0.2, 0.25) is 5.95 Å². The van der Waals surface area contributed by atoms with Crippen LogP contribution in [0.5, 0.6) is 0 Å². The second-order valence-corrected chi connectivity index (χ2v) is 5.45. The van der Waals surface area contributed by atoms with Crippen LogP contribution in [0.4, 0.5) is 11.8 Å². The zero-order valence-corrected chi connectivity index (χ0v) is 11.7. The highest BCUT2D eigenvalue weighted by Gasteiger charge is 2.17. The molecular weight excluding hydrogens is 238 g/mol. The van der Waals surface area contributed by atoms with Gasteiger partial charge in [-0.1, -0.05) is 0 Å². The maximum atomic E-state index is 4.79. The van der Waals surface area contributed by atoms with E-state index in [2.05, 4.69) is 33.1 Å². The first kappa shape index (κ1) is 12.7. The maximum Gasteiger partial charge on any atom is 0.227 e. The lowest BCUT2D eigenvalue weighted by Crippen LogP contribution is -2.44. The van der Waals surface area contributed by atoms with Gasteiger partial charge in [0.1, 0.15) is 5.82 Å². The Morgan fingerprint density at radius 3 is 2.42 bits per heavy atom. The lowest BCUT2D eigenvalue weighted by molar-refractivity contribution is 0.563. The van der Waals surface area contributed by atoms with Gasteiger partial charge in [0.15, 0.2) is 0 Å². The summed E-state index contributed by atoms with van der Waals surface area (Å²) in [5.74, 6) is 2.02. The highest BCUT2D eigenvalue weighted by atomic mass is 15.3. The molecule has 0 spiro atoms. The standard InChI is InChI=1S/C14H23N5/c1-12-11-13(18-9-5-15-6-10-18)17-14(16-12)19-7-3-2-4-8-19/h11,15H,2-10H2,1H3. The van der Waals surface area contributed by atoms with Gasteiger partial charge in [0.25, 0.3) is 0 Å². The van der Waals surface area contributed by atoms with Crippen LogP contribution in [0.25, 0.3) is 0 Å². The van der Waals surface area contributed by atoms with E-state index in [0.29, 0.717) is 0 Å². The summed E-state index contributed by atoms with van der Waals surface area (Å²) in [7, 11) is 0. The largest absolute Gasteiger partial charge is 0.354 e. The number of hydrogen-bond acceptors (Lipinski definition) is 5. The second-order valence-electron chi connectivity index (χ2n) is 5.45. The van der Waals surface area contributed by atoms with Crippen molar-refractivity contribution >= 4 is 11.8 Å². The van der Waals surface area contributed by atoms with Crippen molar-refractivity contribution in [2.24, 2.45) is 0 Å². The van der Waals surface area contributed by atoms with Crippen LogP contribution in [0.3, 0.4) is 0 Å². The minimum atomic E-state index is 0.924. The molecule has 2 saturated heterocycles. The van der Waals surface area contributed by atoms with Crippen LogP contribution >= 0.6 is 0 Å². The lowest BCUT2D eigenvalue weighted by Gasteiger charge is -2.31. The van der Waals surface area contributed by atoms with Crippen LogP contribution in [0.1, 0.15) is 25.0 Å². The Hall–Kier alpha value is -1.36. The molecule has 2 aliphatic rings. The van der Waals surface area contributed by atoms with Gasteiger partial charge in [-0.05, 0) is 26.2 Å². The summed E-state index contributed by atoms with van der Waals surface area (Å²) in [4.78, 5) is 14.1. The fraction of sp³-hybridized carbons (Fsp3) is 0.714. The first-order valence-electron chi connectivity index (χ1n) is 7.39. The van der Waals surface area contributed by atoms with Crippen molar-refractivity contribution in [1.82, 2.24) is 15.3 Å². The molecule has 3 heterocycles. The molecule has 5 heteroatoms. The summed E-state index contributed by atoms with van der Waals surface area (Å²) in [5.41, 5.74) is 1.07. The van der Waals surface area contributed by atoms with Crippen molar-refractivity contribution in [3.8, 4) is 0 Å². The SMILES string of the molecule is Cc1cc(N2CCNCC2)nc(N2CCCCC2)n1. The molecule has 0 radical (unpaired) electrons. The van der Waals surface area contributed by atoms with Crippen molar-refractivity contribution in [3.05, 3.63) is 11.8 Å². The minimum Gasteiger partial charge on any atom is -0.354 e. The Morgan fingerprint density at radius 2 is 1.68 bits per heavy atom. The zero-order chi connectivity index (χ0) is 13.1. The Bertz CT molecular complexity index is 386. The Labute approximate surface area is 115 Å². The molecular formula is C14H23N5. The molecule has 19 heavy (non-hydrogen) atoms. The molecule has 0 atom stereocenters. The predicted octanol–water partition coefficient (Wildman–Crippen LogP) is 1.18. The molecule has 1 aromatic rings. The van der Waals surface area contributed by atoms with Crippen molar-refractivity contribution in [2.75, 3.05) is 49.1 Å². The van der Waals surface area contributed by atoms with Crippen molar-refractivity contribution in [2.45, 2.75) is 26.2 Å². The summed E-state index contributed by atoms with van der Waals surface area (Å²) in [6, 6.07) is 2.11. The summed E-state index contributed by atoms with van der Waals surface area (Å²) < 4.78 is 0. The lowest BCUT2D eigenvalue weighted by atomic mass is 10.1. The molecule has 5 nitrogen and oxygen atoms in total. The molecule has 2 aliphatic heterocycles. The highest BCUT2D eigenvalue weighted by molar-refractivity contribution is 5.46. The number of nitrogens with one attached hydrogen (secondary N) is 1. The van der Waals surface area contributed by atoms with Crippen LogP contribution < -0.4 is 15.1 Å². The van der Waals surface area contributed by atoms with Crippen LogP contribution in [0.2, 0.25) is 0 Å². The first-order chi connectivity index (χ1) is 9.33. The summed E-state index contributed by atoms with van der Waals surface area (Å²) in [6.45, 7) is 8.44. The van der Waals surface area contributed by atoms with E-state index >= 15 is 0 Å². The van der Waals surface area contributed by atoms with Gasteiger partial charge in [0, 0.05) is 51.0 Å². The average molecular weight is 261 g/mol. The normalized spacial score (nSPS) is 20.7. The first-order valence-corrected chi connectivity index (χ1v) is 7.39. The quantitative estimate of drug-likeness (QED) is 0.866. The van der Waals surface area contributed by atoms with Crippen LogP contribution in [-0.2, 0) is 0 Å². The summed E-state index contributed by atoms with van der Waals surface area (Å²) in [6.07, 6.45) is 3.87. The molecule has 2 fully saturated rings. The van der Waals surface area contributed by atoms with Gasteiger partial charge in [-0.15, -0.1) is 0 Å². The Kier molecular flexibility index (Phi) is 3.82. The average Bonchev–Trinajstić information content (AvgIpc) is 2.48. The second kappa shape index (κ2) is 5.74. The van der Waals surface area contributed by atoms with Crippen molar-refractivity contribution < 1.29 is 0 Å². The zero-order valence-electron chi connectivity index (χ0n) is 11.7. The van der Waals surface area contributed by atoms with Crippen LogP contribution in [0, 0.1) is 6.92 Å². The Balaban J connectivity index is 1.82. The van der Waals surface area contributed by atoms with E-state index in [0.717, 1.165) is 56.7 Å². The number of nitrogens with zero attached hydrogens (tertiary/aromatic N) is 4. The Morgan fingerprint density at radius 1 is 0.947 bits per heavy atom. The van der Waals surface area contributed by atoms with E-state index in [1.54, 1.807) is 0 Å². The van der Waals surface area contributed by atoms with E-state index in [1.165, 1.54) is 19.3 Å². The van der Waals surface area contributed by atoms with E-state index in [-0.39, 0.29) is 0 Å². The molecule has 0 bridgehead atoms. The maximum absolute atomic E-state index is 4.79. The monoisotopic (exact) mass is 261 g/mol. The van der Waals surface area contributed by atoms with Gasteiger partial charge < -0.3 is 15.1 Å². The highest BCUT2D eigenvalue weighted by Crippen LogP contribution is 2.20. The van der Waals surface area contributed by atoms with E-state index in [9.17, 15) is 0 Å². The van der Waals surface area contributed by atoms with Crippen LogP contribution in [-0.4, -0.2) is 49.2 Å². The molecule has 1 aromatic heterocycles. The van der Waals surface area contributed by atoms with Gasteiger partial charge >= 0.3 is 0 Å². The molecule has 0 saturated carbocycles. The smallest absolute Gasteiger partial charge is 0.227 e. The number of hydrogen-bond donors (Lipinski definition) is 1. The summed E-state index contributed by atoms with van der Waals surface area (Å²) in [5, 5.41) is 3.38. The molecule has 104 valence electrons. The van der Waals surface area contributed by atoms with Gasteiger partial charge in [-0.2, -0.15) is 4.98 Å². The van der Waals surface area contributed by atoms with Crippen LogP contribution in [0.15, 0.2) is 6.07 Å². The third-order valence-corrected chi connectivity index (χ3v) is 3.91. The number of piperidine rings is 1. The number of aryl methyl sites for hydroxylation is 1. The molecule has 0 amide bonds. The fourth-order valence-electron chi connectivity index (χ4n) is 2.83. The molecule has 0 unspecified atom stereocenters. The number of piperazine rings is 1. The fourth-order valence-corrected chi connectivity index (χ4v) is 2.83. The van der Waals surface area contributed by atoms with Gasteiger partial charge in [-0.25, -0.2) is 4.98 Å². The van der Waals surface area contributed by atoms with Crippen molar-refractivity contribution in [1.29, 1.82) is 0 Å². The molecule has 0 aliphatic carbocycles. The predicted molar refractivity (Wildman–Crippen MR) is 77.9 cm³/mol. The molecule has 1 N–H and O–H groups in total. The topological polar surface area (TPSA) is 44.3 Å². The van der Waals surface area contributed by atoms with E-state index in [4.69, 9.17) is 4.98 Å².